The van der Waals surface area contributed by atoms with Gasteiger partial charge in [-0.1, -0.05) is 35.2 Å². The summed E-state index contributed by atoms with van der Waals surface area (Å²) in [5.74, 6) is 2.66. The fourth-order valence-electron chi connectivity index (χ4n) is 1.03. The molecule has 0 radical (unpaired) electrons. The summed E-state index contributed by atoms with van der Waals surface area (Å²) >= 11 is 11.8. The molecule has 0 atom stereocenters. The molecule has 0 heterocycles. The van der Waals surface area contributed by atoms with Gasteiger partial charge < -0.3 is 0 Å². The highest BCUT2D eigenvalue weighted by atomic mass is 35.5. The minimum absolute atomic E-state index is 0.330. The fourth-order valence-corrected chi connectivity index (χ4v) is 1.51. The minimum atomic E-state index is -0.330. The molecule has 1 aromatic carbocycles. The molecule has 1 aromatic rings. The largest absolute Gasteiger partial charge is 0.297 e. The Balaban J connectivity index is 2.71. The van der Waals surface area contributed by atoms with Crippen molar-refractivity contribution in [2.24, 2.45) is 0 Å². The van der Waals surface area contributed by atoms with E-state index in [9.17, 15) is 0 Å². The van der Waals surface area contributed by atoms with Gasteiger partial charge in [0, 0.05) is 16.6 Å². The molecule has 0 aliphatic heterocycles. The molecule has 0 saturated heterocycles. The van der Waals surface area contributed by atoms with Gasteiger partial charge in [0.15, 0.2) is 0 Å². The maximum absolute atomic E-state index is 6.03. The second-order valence-electron chi connectivity index (χ2n) is 3.86. The van der Waals surface area contributed by atoms with Crippen molar-refractivity contribution >= 4 is 23.2 Å². The molecular weight excluding hydrogens is 229 g/mol. The minimum Gasteiger partial charge on any atom is -0.297 e. The predicted molar refractivity (Wildman–Crippen MR) is 66.2 cm³/mol. The summed E-state index contributed by atoms with van der Waals surface area (Å²) in [5, 5.41) is 4.52. The van der Waals surface area contributed by atoms with Crippen LogP contribution < -0.4 is 5.32 Å². The zero-order valence-electron chi connectivity index (χ0n) is 8.77. The van der Waals surface area contributed by atoms with E-state index < -0.39 is 0 Å². The van der Waals surface area contributed by atoms with Gasteiger partial charge in [-0.2, -0.15) is 0 Å². The Morgan fingerprint density at radius 2 is 2.07 bits per heavy atom. The lowest BCUT2D eigenvalue weighted by Crippen LogP contribution is -2.36. The van der Waals surface area contributed by atoms with Gasteiger partial charge in [-0.05, 0) is 31.5 Å². The SMILES string of the molecule is C#CC(C)(C)NCc1ccc(Cl)cc1Cl. The average Bonchev–Trinajstić information content (AvgIpc) is 2.16. The van der Waals surface area contributed by atoms with E-state index in [1.54, 1.807) is 6.07 Å². The van der Waals surface area contributed by atoms with Crippen LogP contribution in [-0.4, -0.2) is 5.54 Å². The average molecular weight is 242 g/mol. The summed E-state index contributed by atoms with van der Waals surface area (Å²) < 4.78 is 0. The zero-order chi connectivity index (χ0) is 11.5. The Kier molecular flexibility index (Phi) is 4.04. The van der Waals surface area contributed by atoms with Crippen LogP contribution in [0.25, 0.3) is 0 Å². The molecule has 0 saturated carbocycles. The van der Waals surface area contributed by atoms with Crippen LogP contribution in [-0.2, 0) is 6.54 Å². The molecule has 0 fully saturated rings. The van der Waals surface area contributed by atoms with Crippen molar-refractivity contribution < 1.29 is 0 Å². The normalized spacial score (nSPS) is 11.1. The van der Waals surface area contributed by atoms with E-state index in [4.69, 9.17) is 29.6 Å². The van der Waals surface area contributed by atoms with Crippen LogP contribution in [0.3, 0.4) is 0 Å². The van der Waals surface area contributed by atoms with E-state index in [1.807, 2.05) is 26.0 Å². The maximum atomic E-state index is 6.03. The summed E-state index contributed by atoms with van der Waals surface area (Å²) in [6.45, 7) is 4.51. The number of halogens is 2. The molecule has 1 nitrogen and oxygen atoms in total. The second-order valence-corrected chi connectivity index (χ2v) is 4.70. The van der Waals surface area contributed by atoms with Crippen LogP contribution >= 0.6 is 23.2 Å². The lowest BCUT2D eigenvalue weighted by molar-refractivity contribution is 0.491. The third-order valence-electron chi connectivity index (χ3n) is 2.10. The molecule has 0 aliphatic carbocycles. The first-order valence-corrected chi connectivity index (χ1v) is 5.37. The highest BCUT2D eigenvalue weighted by molar-refractivity contribution is 6.35. The molecule has 3 heteroatoms. The van der Waals surface area contributed by atoms with Gasteiger partial charge in [-0.15, -0.1) is 6.42 Å². The monoisotopic (exact) mass is 241 g/mol. The smallest absolute Gasteiger partial charge is 0.0743 e. The van der Waals surface area contributed by atoms with Crippen molar-refractivity contribution in [1.82, 2.24) is 5.32 Å². The van der Waals surface area contributed by atoms with E-state index in [2.05, 4.69) is 11.2 Å². The quantitative estimate of drug-likeness (QED) is 0.800. The molecular formula is C12H13Cl2N. The molecule has 1 rings (SSSR count). The Bertz CT molecular complexity index is 391. The van der Waals surface area contributed by atoms with Gasteiger partial charge in [0.05, 0.1) is 5.54 Å². The Hall–Kier alpha value is -0.680. The number of terminal acetylenes is 1. The third kappa shape index (κ3) is 3.76. The van der Waals surface area contributed by atoms with E-state index in [-0.39, 0.29) is 5.54 Å². The van der Waals surface area contributed by atoms with Crippen molar-refractivity contribution in [1.29, 1.82) is 0 Å². The van der Waals surface area contributed by atoms with Crippen LogP contribution in [0, 0.1) is 12.3 Å². The molecule has 0 spiro atoms. The van der Waals surface area contributed by atoms with Crippen molar-refractivity contribution in [2.75, 3.05) is 0 Å². The highest BCUT2D eigenvalue weighted by Gasteiger charge is 2.12. The first kappa shape index (κ1) is 12.4. The van der Waals surface area contributed by atoms with Gasteiger partial charge in [-0.25, -0.2) is 0 Å². The molecule has 1 N–H and O–H groups in total. The molecule has 0 bridgehead atoms. The molecule has 15 heavy (non-hydrogen) atoms. The number of hydrogen-bond acceptors (Lipinski definition) is 1. The van der Waals surface area contributed by atoms with Crippen LogP contribution in [0.5, 0.6) is 0 Å². The molecule has 80 valence electrons. The van der Waals surface area contributed by atoms with Crippen LogP contribution in [0.2, 0.25) is 10.0 Å². The predicted octanol–water partition coefficient (Wildman–Crippen LogP) is 3.49. The van der Waals surface area contributed by atoms with Crippen molar-refractivity contribution in [3.63, 3.8) is 0 Å². The van der Waals surface area contributed by atoms with Gasteiger partial charge in [-0.3, -0.25) is 5.32 Å². The first-order valence-electron chi connectivity index (χ1n) is 4.61. The van der Waals surface area contributed by atoms with E-state index >= 15 is 0 Å². The van der Waals surface area contributed by atoms with Crippen LogP contribution in [0.4, 0.5) is 0 Å². The van der Waals surface area contributed by atoms with Crippen molar-refractivity contribution in [3.05, 3.63) is 33.8 Å². The lowest BCUT2D eigenvalue weighted by atomic mass is 10.1. The first-order chi connectivity index (χ1) is 6.94. The molecule has 0 amide bonds. The lowest BCUT2D eigenvalue weighted by Gasteiger charge is -2.20. The molecule has 0 unspecified atom stereocenters. The fraction of sp³-hybridized carbons (Fsp3) is 0.333. The van der Waals surface area contributed by atoms with Crippen LogP contribution in [0.15, 0.2) is 18.2 Å². The summed E-state index contributed by atoms with van der Waals surface area (Å²) in [4.78, 5) is 0. The standard InChI is InChI=1S/C12H13Cl2N/c1-4-12(2,3)15-8-9-5-6-10(13)7-11(9)14/h1,5-7,15H,8H2,2-3H3. The van der Waals surface area contributed by atoms with E-state index in [0.717, 1.165) is 5.56 Å². The van der Waals surface area contributed by atoms with Gasteiger partial charge in [0.25, 0.3) is 0 Å². The molecule has 0 aliphatic rings. The number of nitrogens with one attached hydrogen (secondary N) is 1. The van der Waals surface area contributed by atoms with Crippen molar-refractivity contribution in [2.45, 2.75) is 25.9 Å². The highest BCUT2D eigenvalue weighted by Crippen LogP contribution is 2.21. The second kappa shape index (κ2) is 4.90. The molecule has 0 aromatic heterocycles. The topological polar surface area (TPSA) is 12.0 Å². The van der Waals surface area contributed by atoms with Gasteiger partial charge >= 0.3 is 0 Å². The summed E-state index contributed by atoms with van der Waals surface area (Å²) in [7, 11) is 0. The third-order valence-corrected chi connectivity index (χ3v) is 2.68. The summed E-state index contributed by atoms with van der Waals surface area (Å²) in [6, 6.07) is 5.43. The van der Waals surface area contributed by atoms with E-state index in [0.29, 0.717) is 16.6 Å². The number of rotatable bonds is 3. The van der Waals surface area contributed by atoms with E-state index in [1.165, 1.54) is 0 Å². The number of benzene rings is 1. The van der Waals surface area contributed by atoms with Crippen LogP contribution in [0.1, 0.15) is 19.4 Å². The summed E-state index contributed by atoms with van der Waals surface area (Å²) in [6.07, 6.45) is 5.37. The maximum Gasteiger partial charge on any atom is 0.0743 e. The Morgan fingerprint density at radius 1 is 1.40 bits per heavy atom. The van der Waals surface area contributed by atoms with Gasteiger partial charge in [0.1, 0.15) is 0 Å². The zero-order valence-corrected chi connectivity index (χ0v) is 10.3. The Labute approximate surface area is 101 Å². The number of hydrogen-bond donors (Lipinski definition) is 1. The van der Waals surface area contributed by atoms with Gasteiger partial charge in [0.2, 0.25) is 0 Å². The Morgan fingerprint density at radius 3 is 2.60 bits per heavy atom. The van der Waals surface area contributed by atoms with Crippen molar-refractivity contribution in [3.8, 4) is 12.3 Å². The summed E-state index contributed by atoms with van der Waals surface area (Å²) in [5.41, 5.74) is 0.660.